The predicted molar refractivity (Wildman–Crippen MR) is 167 cm³/mol. The topological polar surface area (TPSA) is 125 Å². The highest BCUT2D eigenvalue weighted by Gasteiger charge is 2.32. The summed E-state index contributed by atoms with van der Waals surface area (Å²) in [6.45, 7) is 5.12. The van der Waals surface area contributed by atoms with Crippen LogP contribution in [0.15, 0.2) is 94.7 Å². The van der Waals surface area contributed by atoms with Crippen molar-refractivity contribution in [3.63, 3.8) is 0 Å². The maximum Gasteiger partial charge on any atom is 0.259 e. The Labute approximate surface area is 249 Å². The summed E-state index contributed by atoms with van der Waals surface area (Å²) in [5.74, 6) is 0.688. The number of para-hydroxylation sites is 2. The number of H-pyrrole nitrogens is 1. The molecule has 3 heterocycles. The van der Waals surface area contributed by atoms with Crippen LogP contribution in [0.2, 0.25) is 0 Å². The number of aromatic nitrogens is 4. The fourth-order valence-electron chi connectivity index (χ4n) is 5.71. The first-order chi connectivity index (χ1) is 20.7. The zero-order chi connectivity index (χ0) is 30.1. The van der Waals surface area contributed by atoms with Crippen molar-refractivity contribution in [2.75, 3.05) is 13.1 Å². The van der Waals surface area contributed by atoms with E-state index in [2.05, 4.69) is 29.9 Å². The molecule has 10 heteroatoms. The number of aromatic amines is 1. The quantitative estimate of drug-likeness (QED) is 0.260. The third-order valence-corrected chi connectivity index (χ3v) is 9.46. The predicted octanol–water partition coefficient (Wildman–Crippen LogP) is 5.51. The number of piperidine rings is 1. The Morgan fingerprint density at radius 3 is 2.47 bits per heavy atom. The lowest BCUT2D eigenvalue weighted by Crippen LogP contribution is -2.42. The number of sulfonamides is 1. The number of nitrogens with zero attached hydrogens (tertiary/aromatic N) is 5. The molecule has 2 unspecified atom stereocenters. The van der Waals surface area contributed by atoms with Gasteiger partial charge in [0, 0.05) is 30.4 Å². The fourth-order valence-corrected chi connectivity index (χ4v) is 7.43. The van der Waals surface area contributed by atoms with Gasteiger partial charge in [-0.25, -0.2) is 18.1 Å². The molecule has 0 spiro atoms. The average molecular weight is 591 g/mol. The van der Waals surface area contributed by atoms with Crippen LogP contribution in [0.1, 0.15) is 31.7 Å². The monoisotopic (exact) mass is 590 g/mol. The molecule has 216 valence electrons. The van der Waals surface area contributed by atoms with Crippen LogP contribution < -0.4 is 5.56 Å². The van der Waals surface area contributed by atoms with Crippen molar-refractivity contribution in [1.29, 1.82) is 5.26 Å². The summed E-state index contributed by atoms with van der Waals surface area (Å²) in [6, 6.07) is 25.3. The average Bonchev–Trinajstić information content (AvgIpc) is 3.44. The minimum Gasteiger partial charge on any atom is -0.305 e. The first-order valence-electron chi connectivity index (χ1n) is 14.1. The second kappa shape index (κ2) is 11.4. The summed E-state index contributed by atoms with van der Waals surface area (Å²) in [7, 11) is -3.73. The third-order valence-electron chi connectivity index (χ3n) is 7.63. The molecule has 0 bridgehead atoms. The largest absolute Gasteiger partial charge is 0.305 e. The van der Waals surface area contributed by atoms with E-state index in [0.29, 0.717) is 40.8 Å². The lowest BCUT2D eigenvalue weighted by atomic mass is 9.94. The van der Waals surface area contributed by atoms with Gasteiger partial charge in [-0.05, 0) is 60.7 Å². The Morgan fingerprint density at radius 2 is 1.72 bits per heavy atom. The highest BCUT2D eigenvalue weighted by Crippen LogP contribution is 2.31. The Bertz CT molecular complexity index is 2050. The van der Waals surface area contributed by atoms with Crippen molar-refractivity contribution in [3.8, 4) is 23.0 Å². The second-order valence-electron chi connectivity index (χ2n) is 11.1. The molecule has 2 atom stereocenters. The van der Waals surface area contributed by atoms with Gasteiger partial charge in [0.1, 0.15) is 11.8 Å². The van der Waals surface area contributed by atoms with E-state index in [0.717, 1.165) is 12.1 Å². The molecule has 5 aromatic rings. The van der Waals surface area contributed by atoms with Crippen molar-refractivity contribution < 1.29 is 8.42 Å². The van der Waals surface area contributed by atoms with Gasteiger partial charge < -0.3 is 4.98 Å². The van der Waals surface area contributed by atoms with Crippen molar-refractivity contribution in [1.82, 2.24) is 24.1 Å². The number of rotatable bonds is 6. The van der Waals surface area contributed by atoms with Crippen molar-refractivity contribution in [3.05, 3.63) is 107 Å². The maximum absolute atomic E-state index is 13.7. The van der Waals surface area contributed by atoms with Crippen molar-refractivity contribution in [2.45, 2.75) is 25.2 Å². The molecular weight excluding hydrogens is 560 g/mol. The molecule has 43 heavy (non-hydrogen) atoms. The summed E-state index contributed by atoms with van der Waals surface area (Å²) < 4.78 is 30.7. The molecule has 1 aliphatic heterocycles. The van der Waals surface area contributed by atoms with Gasteiger partial charge in [0.2, 0.25) is 10.0 Å². The molecule has 0 radical (unpaired) electrons. The van der Waals surface area contributed by atoms with Gasteiger partial charge in [-0.2, -0.15) is 14.7 Å². The van der Waals surface area contributed by atoms with Gasteiger partial charge in [0.05, 0.1) is 27.1 Å². The molecule has 0 aliphatic carbocycles. The lowest BCUT2D eigenvalue weighted by molar-refractivity contribution is 0.222. The van der Waals surface area contributed by atoms with E-state index in [1.165, 1.54) is 0 Å². The molecule has 1 N–H and O–H groups in total. The van der Waals surface area contributed by atoms with Crippen LogP contribution in [0.3, 0.4) is 0 Å². The van der Waals surface area contributed by atoms with E-state index in [-0.39, 0.29) is 33.7 Å². The molecule has 6 rings (SSSR count). The number of fused-ring (bicyclic) bond motifs is 1. The minimum absolute atomic E-state index is 0.134. The Hall–Kier alpha value is -4.85. The molecule has 0 saturated carbocycles. The van der Waals surface area contributed by atoms with Gasteiger partial charge in [0.15, 0.2) is 5.82 Å². The van der Waals surface area contributed by atoms with E-state index < -0.39 is 10.0 Å². The standard InChI is InChI=1S/C33H30N6O3S/c1-22-15-23(2)20-38(19-22)43(41,42)28-12-8-9-24(17-28)31-26(21-39(37-31)27-10-4-3-5-11-27)16-25(18-34)32-35-30-14-7-6-13-29(30)33(40)36-32/h3-14,16-17,21-23H,15,19-20H2,1-2H3,(H,35,36,40). The Kier molecular flexibility index (Phi) is 7.52. The normalized spacial score (nSPS) is 18.0. The van der Waals surface area contributed by atoms with E-state index >= 15 is 0 Å². The van der Waals surface area contributed by atoms with Crippen molar-refractivity contribution >= 4 is 32.6 Å². The first-order valence-corrected chi connectivity index (χ1v) is 15.5. The summed E-state index contributed by atoms with van der Waals surface area (Å²) >= 11 is 0. The highest BCUT2D eigenvalue weighted by molar-refractivity contribution is 7.89. The number of nitrogens with one attached hydrogen (secondary N) is 1. The summed E-state index contributed by atoms with van der Waals surface area (Å²) in [4.78, 5) is 20.2. The summed E-state index contributed by atoms with van der Waals surface area (Å²) in [6.07, 6.45) is 4.39. The SMILES string of the molecule is CC1CC(C)CN(S(=O)(=O)c2cccc(-c3nn(-c4ccccc4)cc3C=C(C#N)c3nc4ccccc4c(=O)[nH]3)c2)C1. The number of benzene rings is 3. The molecule has 1 saturated heterocycles. The van der Waals surface area contributed by atoms with E-state index in [1.807, 2.05) is 30.3 Å². The molecule has 1 fully saturated rings. The summed E-state index contributed by atoms with van der Waals surface area (Å²) in [5.41, 5.74) is 2.68. The minimum atomic E-state index is -3.73. The fraction of sp³-hybridized carbons (Fsp3) is 0.212. The van der Waals surface area contributed by atoms with Gasteiger partial charge >= 0.3 is 0 Å². The zero-order valence-electron chi connectivity index (χ0n) is 23.8. The van der Waals surface area contributed by atoms with Crippen LogP contribution in [-0.4, -0.2) is 45.6 Å². The molecule has 1 aliphatic rings. The van der Waals surface area contributed by atoms with E-state index in [9.17, 15) is 18.5 Å². The van der Waals surface area contributed by atoms with Crippen LogP contribution in [0.25, 0.3) is 39.5 Å². The lowest BCUT2D eigenvalue weighted by Gasteiger charge is -2.34. The summed E-state index contributed by atoms with van der Waals surface area (Å²) in [5, 5.41) is 15.4. The maximum atomic E-state index is 13.7. The van der Waals surface area contributed by atoms with Gasteiger partial charge in [-0.1, -0.05) is 56.3 Å². The zero-order valence-corrected chi connectivity index (χ0v) is 24.6. The Balaban J connectivity index is 1.47. The Morgan fingerprint density at radius 1 is 1.00 bits per heavy atom. The molecule has 3 aromatic carbocycles. The first kappa shape index (κ1) is 28.3. The van der Waals surface area contributed by atoms with Gasteiger partial charge in [-0.15, -0.1) is 0 Å². The molecule has 9 nitrogen and oxygen atoms in total. The molecule has 2 aromatic heterocycles. The highest BCUT2D eigenvalue weighted by atomic mass is 32.2. The van der Waals surface area contributed by atoms with Crippen LogP contribution >= 0.6 is 0 Å². The van der Waals surface area contributed by atoms with Crippen LogP contribution in [0, 0.1) is 23.2 Å². The molecule has 0 amide bonds. The van der Waals surface area contributed by atoms with E-state index in [4.69, 9.17) is 5.10 Å². The van der Waals surface area contributed by atoms with Crippen LogP contribution in [-0.2, 0) is 10.0 Å². The van der Waals surface area contributed by atoms with Crippen LogP contribution in [0.4, 0.5) is 0 Å². The van der Waals surface area contributed by atoms with Crippen LogP contribution in [0.5, 0.6) is 0 Å². The third kappa shape index (κ3) is 5.65. The van der Waals surface area contributed by atoms with Gasteiger partial charge in [-0.3, -0.25) is 4.79 Å². The number of hydrogen-bond acceptors (Lipinski definition) is 6. The smallest absolute Gasteiger partial charge is 0.259 e. The number of nitriles is 1. The number of allylic oxidation sites excluding steroid dienone is 1. The second-order valence-corrected chi connectivity index (χ2v) is 13.0. The van der Waals surface area contributed by atoms with Crippen molar-refractivity contribution in [2.24, 2.45) is 11.8 Å². The number of hydrogen-bond donors (Lipinski definition) is 1. The molecular formula is C33H30N6O3S. The van der Waals surface area contributed by atoms with Gasteiger partial charge in [0.25, 0.3) is 5.56 Å². The van der Waals surface area contributed by atoms with E-state index in [1.54, 1.807) is 69.8 Å².